The van der Waals surface area contributed by atoms with Crippen LogP contribution in [0.2, 0.25) is 5.02 Å². The van der Waals surface area contributed by atoms with Crippen LogP contribution in [-0.2, 0) is 11.2 Å². The number of benzene rings is 2. The minimum absolute atomic E-state index is 0.794. The molecule has 0 saturated carbocycles. The first-order chi connectivity index (χ1) is 9.13. The fraction of sp³-hybridized carbons (Fsp3) is 0. The zero-order valence-electron chi connectivity index (χ0n) is 9.47. The molecule has 0 N–H and O–H groups in total. The third-order valence-corrected chi connectivity index (χ3v) is 1.65. The van der Waals surface area contributed by atoms with E-state index in [-0.39, 0.29) is 0 Å². The number of hydrogen-bond donors (Lipinski definition) is 0. The van der Waals surface area contributed by atoms with Crippen LogP contribution in [0, 0.1) is 0 Å². The second-order valence-corrected chi connectivity index (χ2v) is 8.51. The van der Waals surface area contributed by atoms with E-state index < -0.39 is 11.2 Å². The molecule has 0 aliphatic rings. The summed E-state index contributed by atoms with van der Waals surface area (Å²) in [5.74, 6) is 0. The molecule has 109 valence electrons. The normalized spacial score (nSPS) is 8.42. The Morgan fingerprint density at radius 3 is 0.947 bits per heavy atom. The summed E-state index contributed by atoms with van der Waals surface area (Å²) in [4.78, 5) is 0. The van der Waals surface area contributed by atoms with Crippen molar-refractivity contribution in [2.75, 3.05) is 0 Å². The molecule has 0 saturated heterocycles. The second kappa shape index (κ2) is 18.7. The first-order valence-electron chi connectivity index (χ1n) is 4.64. The molecule has 0 aliphatic heterocycles. The van der Waals surface area contributed by atoms with E-state index in [0.717, 1.165) is 5.02 Å². The van der Waals surface area contributed by atoms with E-state index in [4.69, 9.17) is 41.9 Å². The maximum Gasteiger partial charge on any atom is -0.0623 e. The Morgan fingerprint density at radius 2 is 0.789 bits per heavy atom. The molecule has 2 aromatic carbocycles. The Morgan fingerprint density at radius 1 is 0.579 bits per heavy atom. The minimum atomic E-state index is -1.33. The molecule has 0 fully saturated rings. The molecule has 0 amide bonds. The quantitative estimate of drug-likeness (QED) is 0.385. The van der Waals surface area contributed by atoms with Crippen molar-refractivity contribution in [3.8, 4) is 0 Å². The zero-order chi connectivity index (χ0) is 14.9. The van der Waals surface area contributed by atoms with Gasteiger partial charge < -0.3 is 0 Å². The monoisotopic (exact) mass is 421 g/mol. The van der Waals surface area contributed by atoms with Crippen molar-refractivity contribution in [2.24, 2.45) is 0 Å². The molecule has 19 heavy (non-hydrogen) atoms. The molecule has 0 radical (unpaired) electrons. The van der Waals surface area contributed by atoms with Gasteiger partial charge in [0.15, 0.2) is 0 Å². The number of halogens is 6. The van der Waals surface area contributed by atoms with Gasteiger partial charge in [-0.1, -0.05) is 66.2 Å². The Bertz CT molecular complexity index is 328. The van der Waals surface area contributed by atoms with Crippen LogP contribution in [-0.4, -0.2) is 0 Å². The van der Waals surface area contributed by atoms with Crippen molar-refractivity contribution in [1.29, 1.82) is 0 Å². The van der Waals surface area contributed by atoms with Crippen molar-refractivity contribution in [3.63, 3.8) is 0 Å². The van der Waals surface area contributed by atoms with Gasteiger partial charge in [-0.2, -0.15) is 0 Å². The molecule has 2 rings (SSSR count). The molecule has 0 nitrogen and oxygen atoms in total. The van der Waals surface area contributed by atoms with Gasteiger partial charge in [0, 0.05) is 26.7 Å². The van der Waals surface area contributed by atoms with Gasteiger partial charge in [-0.3, -0.25) is 0 Å². The van der Waals surface area contributed by atoms with Gasteiger partial charge in [-0.15, -0.1) is 0 Å². The van der Waals surface area contributed by atoms with Crippen molar-refractivity contribution in [1.82, 2.24) is 0 Å². The summed E-state index contributed by atoms with van der Waals surface area (Å²) in [7, 11) is 22.9. The predicted molar refractivity (Wildman–Crippen MR) is 87.2 cm³/mol. The van der Waals surface area contributed by atoms with Crippen molar-refractivity contribution in [2.45, 2.75) is 0 Å². The maximum atomic E-state index is 5.54. The van der Waals surface area contributed by atoms with Gasteiger partial charge in [0.2, 0.25) is 0 Å². The van der Waals surface area contributed by atoms with E-state index in [9.17, 15) is 0 Å². The van der Waals surface area contributed by atoms with Crippen LogP contribution >= 0.6 is 63.6 Å². The van der Waals surface area contributed by atoms with Gasteiger partial charge in [0.1, 0.15) is 0 Å². The van der Waals surface area contributed by atoms with Crippen molar-refractivity contribution >= 4 is 63.6 Å². The van der Waals surface area contributed by atoms with Gasteiger partial charge in [0.05, 0.1) is 0 Å². The molecule has 0 unspecified atom stereocenters. The summed E-state index contributed by atoms with van der Waals surface area (Å²) in [6.07, 6.45) is 0. The summed E-state index contributed by atoms with van der Waals surface area (Å²) in [5, 5.41) is 0.794. The van der Waals surface area contributed by atoms with Crippen LogP contribution in [0.5, 0.6) is 0 Å². The van der Waals surface area contributed by atoms with Gasteiger partial charge in [0.25, 0.3) is 0 Å². The van der Waals surface area contributed by atoms with E-state index in [1.54, 1.807) is 0 Å². The standard InChI is InChI=1S/C6H5Cl.C6H6.Cl2.3ClH.Fe/c7-6-4-2-1-3-5-6;1-2-4-6-5-3-1;1-2;;;;/h1-5H;1-6H;;3*1H;/q;;;;;;+3/p-3. The van der Waals surface area contributed by atoms with Crippen LogP contribution in [0.3, 0.4) is 0 Å². The SMILES string of the molecule is ClCl.Clc1ccccc1.[Cl][Fe]([Cl])[Cl].c1ccccc1. The van der Waals surface area contributed by atoms with E-state index in [0.29, 0.717) is 0 Å². The average Bonchev–Trinajstić information content (AvgIpc) is 2.44. The van der Waals surface area contributed by atoms with Crippen molar-refractivity contribution < 1.29 is 11.2 Å². The summed E-state index contributed by atoms with van der Waals surface area (Å²) in [6, 6.07) is 21.4. The molecule has 0 atom stereocenters. The van der Waals surface area contributed by atoms with Crippen LogP contribution in [0.1, 0.15) is 0 Å². The molecule has 2 aromatic rings. The fourth-order valence-corrected chi connectivity index (χ4v) is 0.945. The third-order valence-electron chi connectivity index (χ3n) is 1.40. The summed E-state index contributed by atoms with van der Waals surface area (Å²) >= 11 is 4.21. The van der Waals surface area contributed by atoms with E-state index >= 15 is 0 Å². The smallest absolute Gasteiger partial charge is 0.0623 e. The Balaban J connectivity index is 0. The Labute approximate surface area is 145 Å². The summed E-state index contributed by atoms with van der Waals surface area (Å²) in [6.45, 7) is 0. The molecule has 0 bridgehead atoms. The third kappa shape index (κ3) is 24.1. The molecular weight excluding hydrogens is 413 g/mol. The largest absolute Gasteiger partial charge is 0.0623 e. The number of hydrogen-bond acceptors (Lipinski definition) is 0. The summed E-state index contributed by atoms with van der Waals surface area (Å²) in [5.41, 5.74) is 0. The molecule has 0 spiro atoms. The van der Waals surface area contributed by atoms with Crippen LogP contribution in [0.4, 0.5) is 0 Å². The van der Waals surface area contributed by atoms with Crippen molar-refractivity contribution in [3.05, 3.63) is 71.8 Å². The molecule has 0 aromatic heterocycles. The molecular formula is C12H11Cl6Fe. The number of rotatable bonds is 0. The first kappa shape index (κ1) is 22.0. The van der Waals surface area contributed by atoms with Crippen LogP contribution in [0.15, 0.2) is 66.7 Å². The average molecular weight is 424 g/mol. The predicted octanol–water partition coefficient (Wildman–Crippen LogP) is 7.47. The Kier molecular flexibility index (Phi) is 21.6. The second-order valence-electron chi connectivity index (χ2n) is 2.60. The van der Waals surface area contributed by atoms with Crippen LogP contribution < -0.4 is 0 Å². The van der Waals surface area contributed by atoms with Gasteiger partial charge in [-0.05, 0) is 12.1 Å². The Hall–Kier alpha value is 0.699. The van der Waals surface area contributed by atoms with E-state index in [1.165, 1.54) is 0 Å². The maximum absolute atomic E-state index is 5.54. The van der Waals surface area contributed by atoms with E-state index in [1.807, 2.05) is 66.7 Å². The van der Waals surface area contributed by atoms with Gasteiger partial charge >= 0.3 is 41.5 Å². The van der Waals surface area contributed by atoms with Gasteiger partial charge in [-0.25, -0.2) is 0 Å². The minimum Gasteiger partial charge on any atom is -0.0623 e. The topological polar surface area (TPSA) is 0 Å². The summed E-state index contributed by atoms with van der Waals surface area (Å²) < 4.78 is 0. The molecule has 0 heterocycles. The van der Waals surface area contributed by atoms with Crippen LogP contribution in [0.25, 0.3) is 0 Å². The molecule has 7 heteroatoms. The molecule has 0 aliphatic carbocycles. The zero-order valence-corrected chi connectivity index (χ0v) is 15.1. The van der Waals surface area contributed by atoms with E-state index in [2.05, 4.69) is 21.7 Å². The fourth-order valence-electron chi connectivity index (χ4n) is 0.800. The first-order valence-corrected chi connectivity index (χ1v) is 10.7.